The van der Waals surface area contributed by atoms with Gasteiger partial charge in [0.1, 0.15) is 17.7 Å². The molecule has 3 aromatic rings. The first kappa shape index (κ1) is 15.9. The first-order valence-corrected chi connectivity index (χ1v) is 8.40. The zero-order valence-electron chi connectivity index (χ0n) is 14.9. The average molecular weight is 342 g/mol. The van der Waals surface area contributed by atoms with Gasteiger partial charge in [-0.05, 0) is 19.1 Å². The molecule has 3 aromatic heterocycles. The Hall–Kier alpha value is -2.55. The molecule has 1 unspecified atom stereocenters. The molecule has 1 saturated heterocycles. The lowest BCUT2D eigenvalue weighted by Gasteiger charge is -2.32. The van der Waals surface area contributed by atoms with Crippen LogP contribution in [0, 0.1) is 6.92 Å². The van der Waals surface area contributed by atoms with Gasteiger partial charge in [-0.25, -0.2) is 4.98 Å². The number of ether oxygens (including phenoxy) is 1. The van der Waals surface area contributed by atoms with Gasteiger partial charge in [0.2, 0.25) is 0 Å². The Bertz CT molecular complexity index is 893. The van der Waals surface area contributed by atoms with Crippen molar-refractivity contribution >= 4 is 11.5 Å². The van der Waals surface area contributed by atoms with Crippen molar-refractivity contribution in [2.75, 3.05) is 24.6 Å². The van der Waals surface area contributed by atoms with E-state index in [4.69, 9.17) is 9.84 Å². The first-order valence-electron chi connectivity index (χ1n) is 8.40. The predicted molar refractivity (Wildman–Crippen MR) is 91.5 cm³/mol. The summed E-state index contributed by atoms with van der Waals surface area (Å²) < 4.78 is 7.66. The highest BCUT2D eigenvalue weighted by Crippen LogP contribution is 2.25. The van der Waals surface area contributed by atoms with Gasteiger partial charge in [0.15, 0.2) is 17.3 Å². The van der Waals surface area contributed by atoms with Crippen LogP contribution >= 0.6 is 0 Å². The predicted octanol–water partition coefficient (Wildman–Crippen LogP) is 1.43. The molecule has 0 amide bonds. The molecule has 1 atom stereocenters. The molecule has 9 nitrogen and oxygen atoms in total. The highest BCUT2D eigenvalue weighted by Gasteiger charge is 2.27. The lowest BCUT2D eigenvalue weighted by Crippen LogP contribution is -2.39. The second-order valence-corrected chi connectivity index (χ2v) is 7.32. The molecule has 1 aliphatic rings. The van der Waals surface area contributed by atoms with E-state index in [-0.39, 0.29) is 11.5 Å². The monoisotopic (exact) mass is 342 g/mol. The molecule has 1 fully saturated rings. The number of aromatic amines is 1. The molecule has 0 aliphatic carbocycles. The summed E-state index contributed by atoms with van der Waals surface area (Å²) in [4.78, 5) is 6.57. The Kier molecular flexibility index (Phi) is 3.68. The molecular formula is C16H22N8O. The maximum Gasteiger partial charge on any atom is 0.181 e. The number of hydrogen-bond acceptors (Lipinski definition) is 7. The van der Waals surface area contributed by atoms with Crippen molar-refractivity contribution in [2.24, 2.45) is 0 Å². The number of aromatic nitrogens is 7. The van der Waals surface area contributed by atoms with Gasteiger partial charge in [0.05, 0.1) is 13.2 Å². The molecule has 0 radical (unpaired) electrons. The van der Waals surface area contributed by atoms with Gasteiger partial charge in [-0.15, -0.1) is 15.3 Å². The number of nitrogens with zero attached hydrogens (tertiary/aromatic N) is 7. The molecule has 0 bridgehead atoms. The molecular weight excluding hydrogens is 320 g/mol. The smallest absolute Gasteiger partial charge is 0.181 e. The molecule has 9 heteroatoms. The number of aryl methyl sites for hydroxylation is 1. The summed E-state index contributed by atoms with van der Waals surface area (Å²) in [5.41, 5.74) is 0.623. The fraction of sp³-hybridized carbons (Fsp3) is 0.562. The van der Waals surface area contributed by atoms with Gasteiger partial charge < -0.3 is 9.64 Å². The van der Waals surface area contributed by atoms with Crippen LogP contribution in [0.1, 0.15) is 44.3 Å². The summed E-state index contributed by atoms with van der Waals surface area (Å²) >= 11 is 0. The Morgan fingerprint density at radius 2 is 2.08 bits per heavy atom. The van der Waals surface area contributed by atoms with Gasteiger partial charge in [-0.2, -0.15) is 9.61 Å². The highest BCUT2D eigenvalue weighted by molar-refractivity contribution is 5.46. The highest BCUT2D eigenvalue weighted by atomic mass is 16.5. The fourth-order valence-corrected chi connectivity index (χ4v) is 2.93. The van der Waals surface area contributed by atoms with Crippen LogP contribution in [0.5, 0.6) is 0 Å². The molecule has 1 aliphatic heterocycles. The van der Waals surface area contributed by atoms with Gasteiger partial charge in [0, 0.05) is 12.0 Å². The molecule has 4 heterocycles. The quantitative estimate of drug-likeness (QED) is 0.752. The minimum Gasteiger partial charge on any atom is -0.366 e. The van der Waals surface area contributed by atoms with Crippen molar-refractivity contribution in [2.45, 2.75) is 39.2 Å². The number of nitrogens with one attached hydrogen (secondary N) is 1. The van der Waals surface area contributed by atoms with E-state index in [2.05, 4.69) is 51.0 Å². The molecule has 25 heavy (non-hydrogen) atoms. The van der Waals surface area contributed by atoms with E-state index in [1.165, 1.54) is 0 Å². The molecule has 0 spiro atoms. The van der Waals surface area contributed by atoms with Crippen molar-refractivity contribution in [3.8, 4) is 0 Å². The fourth-order valence-electron chi connectivity index (χ4n) is 2.93. The van der Waals surface area contributed by atoms with E-state index < -0.39 is 0 Å². The second-order valence-electron chi connectivity index (χ2n) is 7.32. The van der Waals surface area contributed by atoms with Gasteiger partial charge in [0.25, 0.3) is 0 Å². The van der Waals surface area contributed by atoms with Crippen LogP contribution in [-0.4, -0.2) is 54.7 Å². The second kappa shape index (κ2) is 5.76. The largest absolute Gasteiger partial charge is 0.366 e. The Balaban J connectivity index is 1.64. The lowest BCUT2D eigenvalue weighted by molar-refractivity contribution is 0.0339. The number of H-pyrrole nitrogens is 1. The Labute approximate surface area is 145 Å². The zero-order valence-corrected chi connectivity index (χ0v) is 14.9. The minimum absolute atomic E-state index is 0.130. The number of anilines is 1. The summed E-state index contributed by atoms with van der Waals surface area (Å²) in [7, 11) is 0. The number of rotatable bonds is 2. The maximum absolute atomic E-state index is 5.83. The van der Waals surface area contributed by atoms with E-state index in [0.29, 0.717) is 19.0 Å². The standard InChI is InChI=1S/C16H22N8O/c1-10-17-14(20-18-10)11-9-23(7-8-25-11)13-6-5-12-19-21-15(16(2,3)4)24(12)22-13/h5-6,11H,7-9H2,1-4H3,(H,17,18,20). The van der Waals surface area contributed by atoms with Gasteiger partial charge in [-0.1, -0.05) is 20.8 Å². The van der Waals surface area contributed by atoms with Crippen molar-refractivity contribution in [1.29, 1.82) is 0 Å². The van der Waals surface area contributed by atoms with E-state index in [1.807, 2.05) is 23.6 Å². The van der Waals surface area contributed by atoms with Gasteiger partial charge >= 0.3 is 0 Å². The van der Waals surface area contributed by atoms with Crippen LogP contribution in [0.25, 0.3) is 5.65 Å². The molecule has 132 valence electrons. The number of hydrogen-bond donors (Lipinski definition) is 1. The van der Waals surface area contributed by atoms with Crippen molar-refractivity contribution in [3.05, 3.63) is 29.6 Å². The summed E-state index contributed by atoms with van der Waals surface area (Å²) in [6, 6.07) is 3.92. The van der Waals surface area contributed by atoms with Crippen LogP contribution in [0.3, 0.4) is 0 Å². The third-order valence-corrected chi connectivity index (χ3v) is 4.21. The molecule has 0 saturated carbocycles. The van der Waals surface area contributed by atoms with Crippen LogP contribution in [0.4, 0.5) is 5.82 Å². The summed E-state index contributed by atoms with van der Waals surface area (Å²) in [5, 5.41) is 20.4. The summed E-state index contributed by atoms with van der Waals surface area (Å²) in [5.74, 6) is 3.19. The van der Waals surface area contributed by atoms with Crippen LogP contribution in [0.2, 0.25) is 0 Å². The van der Waals surface area contributed by atoms with Crippen LogP contribution in [-0.2, 0) is 10.2 Å². The minimum atomic E-state index is -0.167. The SMILES string of the molecule is Cc1nc(C2CN(c3ccc4nnc(C(C)(C)C)n4n3)CCO2)n[nH]1. The zero-order chi connectivity index (χ0) is 17.6. The summed E-state index contributed by atoms with van der Waals surface area (Å²) in [6.45, 7) is 10.2. The maximum atomic E-state index is 5.83. The van der Waals surface area contributed by atoms with E-state index in [1.54, 1.807) is 0 Å². The molecule has 4 rings (SSSR count). The lowest BCUT2D eigenvalue weighted by atomic mass is 9.96. The van der Waals surface area contributed by atoms with Crippen LogP contribution in [0.15, 0.2) is 12.1 Å². The van der Waals surface area contributed by atoms with Crippen LogP contribution < -0.4 is 4.90 Å². The Morgan fingerprint density at radius 1 is 1.24 bits per heavy atom. The topological polar surface area (TPSA) is 97.1 Å². The van der Waals surface area contributed by atoms with E-state index in [9.17, 15) is 0 Å². The third-order valence-electron chi connectivity index (χ3n) is 4.21. The van der Waals surface area contributed by atoms with Gasteiger partial charge in [-0.3, -0.25) is 5.10 Å². The van der Waals surface area contributed by atoms with Crippen molar-refractivity contribution in [3.63, 3.8) is 0 Å². The summed E-state index contributed by atoms with van der Waals surface area (Å²) in [6.07, 6.45) is -0.167. The molecule has 0 aromatic carbocycles. The van der Waals surface area contributed by atoms with E-state index in [0.717, 1.165) is 29.7 Å². The third kappa shape index (κ3) is 2.95. The van der Waals surface area contributed by atoms with Crippen molar-refractivity contribution in [1.82, 2.24) is 35.0 Å². The average Bonchev–Trinajstić information content (AvgIpc) is 3.20. The first-order chi connectivity index (χ1) is 11.9. The normalized spacial score (nSPS) is 18.9. The number of morpholine rings is 1. The van der Waals surface area contributed by atoms with Crippen molar-refractivity contribution < 1.29 is 4.74 Å². The molecule has 1 N–H and O–H groups in total. The van der Waals surface area contributed by atoms with E-state index >= 15 is 0 Å². The Morgan fingerprint density at radius 3 is 2.80 bits per heavy atom. The number of fused-ring (bicyclic) bond motifs is 1.